The number of hydrogen-bond donors (Lipinski definition) is 3. The summed E-state index contributed by atoms with van der Waals surface area (Å²) in [6, 6.07) is 3.79. The molecule has 5 nitrogen and oxygen atoms in total. The van der Waals surface area contributed by atoms with E-state index in [-0.39, 0.29) is 17.0 Å². The molecule has 102 valence electrons. The molecule has 2 amide bonds. The van der Waals surface area contributed by atoms with Crippen LogP contribution < -0.4 is 10.6 Å². The second-order valence-electron chi connectivity index (χ2n) is 5.12. The van der Waals surface area contributed by atoms with Gasteiger partial charge in [-0.3, -0.25) is 0 Å². The molecule has 0 atom stereocenters. The van der Waals surface area contributed by atoms with Crippen molar-refractivity contribution in [2.45, 2.75) is 19.8 Å². The number of aromatic carboxylic acids is 1. The Bertz CT molecular complexity index is 527. The summed E-state index contributed by atoms with van der Waals surface area (Å²) in [5.41, 5.74) is 0.582. The van der Waals surface area contributed by atoms with Gasteiger partial charge in [-0.25, -0.2) is 9.59 Å². The fourth-order valence-corrected chi connectivity index (χ4v) is 1.77. The Balaban J connectivity index is 1.99. The van der Waals surface area contributed by atoms with E-state index < -0.39 is 5.97 Å². The van der Waals surface area contributed by atoms with Crippen LogP contribution in [-0.2, 0) is 0 Å². The first-order chi connectivity index (χ1) is 8.89. The summed E-state index contributed by atoms with van der Waals surface area (Å²) >= 11 is 5.91. The van der Waals surface area contributed by atoms with Gasteiger partial charge in [0.25, 0.3) is 0 Å². The SMILES string of the molecule is CC1(CNC(=O)Nc2cc(C(=O)O)ccc2Cl)CC1. The molecule has 1 aliphatic carbocycles. The van der Waals surface area contributed by atoms with Crippen LogP contribution in [0.1, 0.15) is 30.1 Å². The standard InChI is InChI=1S/C13H15ClN2O3/c1-13(4-5-13)7-15-12(19)16-10-6-8(11(17)18)2-3-9(10)14/h2-3,6H,4-5,7H2,1H3,(H,17,18)(H2,15,16,19). The van der Waals surface area contributed by atoms with Gasteiger partial charge in [-0.2, -0.15) is 0 Å². The Morgan fingerprint density at radius 2 is 2.11 bits per heavy atom. The molecule has 0 aromatic heterocycles. The number of carboxylic acid groups (broad SMARTS) is 1. The number of rotatable bonds is 4. The van der Waals surface area contributed by atoms with Crippen LogP contribution in [-0.4, -0.2) is 23.7 Å². The molecular weight excluding hydrogens is 268 g/mol. The lowest BCUT2D eigenvalue weighted by Crippen LogP contribution is -2.33. The fraction of sp³-hybridized carbons (Fsp3) is 0.385. The predicted octanol–water partition coefficient (Wildman–Crippen LogP) is 2.96. The van der Waals surface area contributed by atoms with Crippen molar-refractivity contribution in [1.82, 2.24) is 5.32 Å². The largest absolute Gasteiger partial charge is 0.478 e. The molecular formula is C13H15ClN2O3. The molecule has 1 aliphatic rings. The summed E-state index contributed by atoms with van der Waals surface area (Å²) in [4.78, 5) is 22.5. The van der Waals surface area contributed by atoms with E-state index in [0.29, 0.717) is 17.3 Å². The van der Waals surface area contributed by atoms with Crippen molar-refractivity contribution >= 4 is 29.3 Å². The van der Waals surface area contributed by atoms with Gasteiger partial charge in [0.1, 0.15) is 0 Å². The Morgan fingerprint density at radius 1 is 1.42 bits per heavy atom. The van der Waals surface area contributed by atoms with Gasteiger partial charge in [-0.1, -0.05) is 18.5 Å². The van der Waals surface area contributed by atoms with Crippen LogP contribution in [0, 0.1) is 5.41 Å². The van der Waals surface area contributed by atoms with Gasteiger partial charge in [0.15, 0.2) is 0 Å². The summed E-state index contributed by atoms with van der Waals surface area (Å²) in [5, 5.41) is 14.5. The number of hydrogen-bond acceptors (Lipinski definition) is 2. The lowest BCUT2D eigenvalue weighted by atomic mass is 10.1. The zero-order valence-electron chi connectivity index (χ0n) is 10.5. The molecule has 6 heteroatoms. The third-order valence-corrected chi connectivity index (χ3v) is 3.57. The number of amides is 2. The van der Waals surface area contributed by atoms with E-state index in [2.05, 4.69) is 17.6 Å². The number of carbonyl (C=O) groups excluding carboxylic acids is 1. The predicted molar refractivity (Wildman–Crippen MR) is 72.8 cm³/mol. The highest BCUT2D eigenvalue weighted by Crippen LogP contribution is 2.44. The second kappa shape index (κ2) is 5.09. The van der Waals surface area contributed by atoms with Crippen LogP contribution in [0.3, 0.4) is 0 Å². The van der Waals surface area contributed by atoms with E-state index in [1.807, 2.05) is 0 Å². The first kappa shape index (κ1) is 13.7. The van der Waals surface area contributed by atoms with Gasteiger partial charge in [0.2, 0.25) is 0 Å². The molecule has 0 aliphatic heterocycles. The average Bonchev–Trinajstić information content (AvgIpc) is 3.08. The summed E-state index contributed by atoms with van der Waals surface area (Å²) < 4.78 is 0. The number of carbonyl (C=O) groups is 2. The molecule has 2 rings (SSSR count). The van der Waals surface area contributed by atoms with Crippen LogP contribution in [0.2, 0.25) is 5.02 Å². The molecule has 1 aromatic carbocycles. The molecule has 19 heavy (non-hydrogen) atoms. The molecule has 0 saturated heterocycles. The lowest BCUT2D eigenvalue weighted by Gasteiger charge is -2.12. The quantitative estimate of drug-likeness (QED) is 0.794. The van der Waals surface area contributed by atoms with Crippen LogP contribution >= 0.6 is 11.6 Å². The summed E-state index contributed by atoms with van der Waals surface area (Å²) in [6.45, 7) is 2.71. The monoisotopic (exact) mass is 282 g/mol. The molecule has 1 saturated carbocycles. The Morgan fingerprint density at radius 3 is 2.68 bits per heavy atom. The number of halogens is 1. The van der Waals surface area contributed by atoms with Crippen molar-refractivity contribution in [3.8, 4) is 0 Å². The number of urea groups is 1. The van der Waals surface area contributed by atoms with Crippen LogP contribution in [0.4, 0.5) is 10.5 Å². The molecule has 1 fully saturated rings. The highest BCUT2D eigenvalue weighted by Gasteiger charge is 2.37. The van der Waals surface area contributed by atoms with E-state index in [1.54, 1.807) is 0 Å². The Hall–Kier alpha value is -1.75. The average molecular weight is 283 g/mol. The zero-order chi connectivity index (χ0) is 14.0. The Kier molecular flexibility index (Phi) is 3.66. The smallest absolute Gasteiger partial charge is 0.335 e. The van der Waals surface area contributed by atoms with Gasteiger partial charge >= 0.3 is 12.0 Å². The second-order valence-corrected chi connectivity index (χ2v) is 5.53. The number of benzene rings is 1. The minimum Gasteiger partial charge on any atom is -0.478 e. The number of nitrogens with one attached hydrogen (secondary N) is 2. The van der Waals surface area contributed by atoms with Crippen molar-refractivity contribution in [3.63, 3.8) is 0 Å². The molecule has 0 radical (unpaired) electrons. The van der Waals surface area contributed by atoms with Gasteiger partial charge in [-0.05, 0) is 36.5 Å². The first-order valence-corrected chi connectivity index (χ1v) is 6.35. The van der Waals surface area contributed by atoms with Crippen molar-refractivity contribution in [2.24, 2.45) is 5.41 Å². The highest BCUT2D eigenvalue weighted by atomic mass is 35.5. The van der Waals surface area contributed by atoms with Crippen LogP contribution in [0.25, 0.3) is 0 Å². The maximum absolute atomic E-state index is 11.7. The van der Waals surface area contributed by atoms with Crippen molar-refractivity contribution in [3.05, 3.63) is 28.8 Å². The fourth-order valence-electron chi connectivity index (χ4n) is 1.60. The topological polar surface area (TPSA) is 78.4 Å². The van der Waals surface area contributed by atoms with E-state index in [4.69, 9.17) is 16.7 Å². The summed E-state index contributed by atoms with van der Waals surface area (Å²) in [7, 11) is 0. The maximum Gasteiger partial charge on any atom is 0.335 e. The highest BCUT2D eigenvalue weighted by molar-refractivity contribution is 6.33. The van der Waals surface area contributed by atoms with E-state index in [1.165, 1.54) is 18.2 Å². The molecule has 0 heterocycles. The maximum atomic E-state index is 11.7. The molecule has 0 unspecified atom stereocenters. The molecule has 0 bridgehead atoms. The van der Waals surface area contributed by atoms with Crippen LogP contribution in [0.15, 0.2) is 18.2 Å². The normalized spacial score (nSPS) is 15.7. The van der Waals surface area contributed by atoms with E-state index >= 15 is 0 Å². The van der Waals surface area contributed by atoms with Crippen molar-refractivity contribution in [2.75, 3.05) is 11.9 Å². The minimum absolute atomic E-state index is 0.0776. The van der Waals surface area contributed by atoms with Gasteiger partial charge in [0.05, 0.1) is 16.3 Å². The molecule has 1 aromatic rings. The third kappa shape index (κ3) is 3.61. The zero-order valence-corrected chi connectivity index (χ0v) is 11.3. The summed E-state index contributed by atoms with van der Waals surface area (Å²) in [6.07, 6.45) is 2.23. The summed E-state index contributed by atoms with van der Waals surface area (Å²) in [5.74, 6) is -1.06. The molecule has 0 spiro atoms. The lowest BCUT2D eigenvalue weighted by molar-refractivity contribution is 0.0697. The van der Waals surface area contributed by atoms with Gasteiger partial charge < -0.3 is 15.7 Å². The van der Waals surface area contributed by atoms with E-state index in [0.717, 1.165) is 12.8 Å². The van der Waals surface area contributed by atoms with Gasteiger partial charge in [-0.15, -0.1) is 0 Å². The molecule has 3 N–H and O–H groups in total. The Labute approximate surface area is 116 Å². The number of anilines is 1. The minimum atomic E-state index is -1.06. The van der Waals surface area contributed by atoms with Gasteiger partial charge in [0, 0.05) is 6.54 Å². The third-order valence-electron chi connectivity index (χ3n) is 3.24. The van der Waals surface area contributed by atoms with Crippen molar-refractivity contribution < 1.29 is 14.7 Å². The van der Waals surface area contributed by atoms with E-state index in [9.17, 15) is 9.59 Å². The number of carboxylic acids is 1. The van der Waals surface area contributed by atoms with Crippen LogP contribution in [0.5, 0.6) is 0 Å². The first-order valence-electron chi connectivity index (χ1n) is 5.97. The van der Waals surface area contributed by atoms with Crippen molar-refractivity contribution in [1.29, 1.82) is 0 Å².